The molecule has 0 spiro atoms. The minimum Gasteiger partial charge on any atom is -0.458 e. The van der Waals surface area contributed by atoms with Gasteiger partial charge in [-0.1, -0.05) is 32.1 Å². The van der Waals surface area contributed by atoms with Crippen LogP contribution in [0.3, 0.4) is 0 Å². The molecule has 2 aliphatic carbocycles. The molecule has 0 aromatic carbocycles. The second-order valence-electron chi connectivity index (χ2n) is 6.13. The highest BCUT2D eigenvalue weighted by Gasteiger charge is 2.57. The lowest BCUT2D eigenvalue weighted by Gasteiger charge is -2.51. The van der Waals surface area contributed by atoms with E-state index in [0.29, 0.717) is 11.5 Å². The number of fused-ring (bicyclic) bond motifs is 2. The van der Waals surface area contributed by atoms with E-state index < -0.39 is 6.10 Å². The molecule has 98 valence electrons. The molecule has 2 fully saturated rings. The number of aliphatic hydroxyl groups is 1. The number of carbonyl (C=O) groups excluding carboxylic acids is 1. The van der Waals surface area contributed by atoms with Gasteiger partial charge < -0.3 is 9.84 Å². The summed E-state index contributed by atoms with van der Waals surface area (Å²) in [6.45, 7) is 8.13. The van der Waals surface area contributed by atoms with E-state index in [9.17, 15) is 9.90 Å². The van der Waals surface area contributed by atoms with Crippen molar-refractivity contribution in [2.24, 2.45) is 17.3 Å². The minimum absolute atomic E-state index is 0.204. The summed E-state index contributed by atoms with van der Waals surface area (Å²) >= 11 is 0. The van der Waals surface area contributed by atoms with Crippen LogP contribution in [0, 0.1) is 17.3 Å². The summed E-state index contributed by atoms with van der Waals surface area (Å²) in [5, 5.41) is 10.8. The van der Waals surface area contributed by atoms with Crippen molar-refractivity contribution in [2.45, 2.75) is 45.3 Å². The molecular formula is C15H20O3. The molecule has 1 aliphatic heterocycles. The molecular weight excluding hydrogens is 228 g/mol. The van der Waals surface area contributed by atoms with Gasteiger partial charge in [0.15, 0.2) is 0 Å². The first-order chi connectivity index (χ1) is 8.46. The molecule has 3 aliphatic rings. The van der Waals surface area contributed by atoms with Gasteiger partial charge in [-0.15, -0.1) is 0 Å². The van der Waals surface area contributed by atoms with Crippen molar-refractivity contribution in [1.82, 2.24) is 0 Å². The second-order valence-corrected chi connectivity index (χ2v) is 6.13. The van der Waals surface area contributed by atoms with Gasteiger partial charge in [0.05, 0.1) is 12.0 Å². The third-order valence-corrected chi connectivity index (χ3v) is 5.41. The summed E-state index contributed by atoms with van der Waals surface area (Å²) < 4.78 is 5.34. The molecule has 0 bridgehead atoms. The smallest absolute Gasteiger partial charge is 0.334 e. The van der Waals surface area contributed by atoms with Gasteiger partial charge in [-0.05, 0) is 18.8 Å². The minimum atomic E-state index is -0.559. The zero-order valence-corrected chi connectivity index (χ0v) is 11.0. The Morgan fingerprint density at radius 3 is 3.00 bits per heavy atom. The largest absolute Gasteiger partial charge is 0.458 e. The number of hydrogen-bond acceptors (Lipinski definition) is 3. The van der Waals surface area contributed by atoms with E-state index in [1.165, 1.54) is 5.57 Å². The van der Waals surface area contributed by atoms with E-state index in [1.54, 1.807) is 0 Å². The summed E-state index contributed by atoms with van der Waals surface area (Å²) in [7, 11) is 0. The molecule has 3 rings (SSSR count). The first kappa shape index (κ1) is 12.0. The molecule has 0 aromatic heterocycles. The maximum absolute atomic E-state index is 11.6. The van der Waals surface area contributed by atoms with E-state index in [1.807, 2.05) is 0 Å². The normalized spacial score (nSPS) is 47.2. The summed E-state index contributed by atoms with van der Waals surface area (Å²) in [5.41, 5.74) is 1.49. The lowest BCUT2D eigenvalue weighted by atomic mass is 9.55. The van der Waals surface area contributed by atoms with E-state index in [2.05, 4.69) is 26.5 Å². The molecule has 0 radical (unpaired) electrons. The van der Waals surface area contributed by atoms with Crippen molar-refractivity contribution in [1.29, 1.82) is 0 Å². The standard InChI is InChI=1S/C15H20O3/c1-8-5-4-6-10-7-11-12(9(2)14(17)18-11)13(16)15(8,10)3/h6,8,11-13,16H,2,4-5,7H2,1,3H3/t8-,11-,12-,13+,15-/m1/s1. The zero-order valence-electron chi connectivity index (χ0n) is 11.0. The Morgan fingerprint density at radius 2 is 2.28 bits per heavy atom. The van der Waals surface area contributed by atoms with Gasteiger partial charge in [0.1, 0.15) is 6.10 Å². The fourth-order valence-corrected chi connectivity index (χ4v) is 3.93. The van der Waals surface area contributed by atoms with Crippen molar-refractivity contribution < 1.29 is 14.6 Å². The molecule has 1 saturated carbocycles. The maximum Gasteiger partial charge on any atom is 0.334 e. The van der Waals surface area contributed by atoms with Crippen LogP contribution in [0.2, 0.25) is 0 Å². The molecule has 3 nitrogen and oxygen atoms in total. The van der Waals surface area contributed by atoms with E-state index in [4.69, 9.17) is 4.74 Å². The monoisotopic (exact) mass is 248 g/mol. The predicted octanol–water partition coefficient (Wildman–Crippen LogP) is 2.21. The van der Waals surface area contributed by atoms with Gasteiger partial charge in [-0.25, -0.2) is 4.79 Å². The Balaban J connectivity index is 2.04. The lowest BCUT2D eigenvalue weighted by Crippen LogP contribution is -2.52. The number of carbonyl (C=O) groups is 1. The number of hydrogen-bond donors (Lipinski definition) is 1. The number of rotatable bonds is 0. The first-order valence-electron chi connectivity index (χ1n) is 6.73. The van der Waals surface area contributed by atoms with Gasteiger partial charge in [-0.3, -0.25) is 0 Å². The summed E-state index contributed by atoms with van der Waals surface area (Å²) in [5.74, 6) is -0.128. The van der Waals surface area contributed by atoms with Crippen molar-refractivity contribution in [2.75, 3.05) is 0 Å². The quantitative estimate of drug-likeness (QED) is 0.406. The van der Waals surface area contributed by atoms with Crippen molar-refractivity contribution in [3.05, 3.63) is 23.8 Å². The van der Waals surface area contributed by atoms with Gasteiger partial charge in [-0.2, -0.15) is 0 Å². The van der Waals surface area contributed by atoms with E-state index in [-0.39, 0.29) is 23.4 Å². The van der Waals surface area contributed by atoms with Crippen LogP contribution >= 0.6 is 0 Å². The summed E-state index contributed by atoms with van der Waals surface area (Å²) in [4.78, 5) is 11.6. The Bertz CT molecular complexity index is 451. The molecule has 5 atom stereocenters. The van der Waals surface area contributed by atoms with Crippen LogP contribution < -0.4 is 0 Å². The SMILES string of the molecule is C=C1C(=O)O[C@@H]2CC3=CCC[C@@H](C)[C@@]3(C)[C@@H](O)[C@H]12. The molecule has 3 heteroatoms. The van der Waals surface area contributed by atoms with Gasteiger partial charge in [0.25, 0.3) is 0 Å². The summed E-state index contributed by atoms with van der Waals surface area (Å²) in [6, 6.07) is 0. The first-order valence-corrected chi connectivity index (χ1v) is 6.73. The Labute approximate surface area is 108 Å². The van der Waals surface area contributed by atoms with Crippen LogP contribution in [0.25, 0.3) is 0 Å². The highest BCUT2D eigenvalue weighted by molar-refractivity contribution is 5.91. The zero-order chi connectivity index (χ0) is 13.1. The number of esters is 1. The van der Waals surface area contributed by atoms with Gasteiger partial charge >= 0.3 is 5.97 Å². The Hall–Kier alpha value is -1.09. The third kappa shape index (κ3) is 1.31. The molecule has 18 heavy (non-hydrogen) atoms. The van der Waals surface area contributed by atoms with Crippen LogP contribution in [0.5, 0.6) is 0 Å². The topological polar surface area (TPSA) is 46.5 Å². The molecule has 0 amide bonds. The Morgan fingerprint density at radius 1 is 1.56 bits per heavy atom. The molecule has 0 aromatic rings. The summed E-state index contributed by atoms with van der Waals surface area (Å²) in [6.07, 6.45) is 4.38. The average molecular weight is 248 g/mol. The molecule has 1 heterocycles. The number of allylic oxidation sites excluding steroid dienone is 1. The van der Waals surface area contributed by atoms with Crippen molar-refractivity contribution in [3.8, 4) is 0 Å². The number of aliphatic hydroxyl groups excluding tert-OH is 1. The number of ether oxygens (including phenoxy) is 1. The van der Waals surface area contributed by atoms with Crippen molar-refractivity contribution in [3.63, 3.8) is 0 Å². The highest BCUT2D eigenvalue weighted by Crippen LogP contribution is 2.55. The van der Waals surface area contributed by atoms with E-state index in [0.717, 1.165) is 19.3 Å². The second kappa shape index (κ2) is 3.70. The van der Waals surface area contributed by atoms with Crippen LogP contribution in [-0.2, 0) is 9.53 Å². The molecule has 0 unspecified atom stereocenters. The predicted molar refractivity (Wildman–Crippen MR) is 67.7 cm³/mol. The fourth-order valence-electron chi connectivity index (χ4n) is 3.93. The van der Waals surface area contributed by atoms with E-state index >= 15 is 0 Å². The van der Waals surface area contributed by atoms with Crippen LogP contribution in [-0.4, -0.2) is 23.3 Å². The van der Waals surface area contributed by atoms with Crippen LogP contribution in [0.15, 0.2) is 23.8 Å². The van der Waals surface area contributed by atoms with Crippen LogP contribution in [0.1, 0.15) is 33.1 Å². The lowest BCUT2D eigenvalue weighted by molar-refractivity contribution is -0.141. The van der Waals surface area contributed by atoms with Gasteiger partial charge in [0, 0.05) is 17.4 Å². The molecule has 1 N–H and O–H groups in total. The Kier molecular flexibility index (Phi) is 2.46. The average Bonchev–Trinajstić information content (AvgIpc) is 2.60. The van der Waals surface area contributed by atoms with Crippen molar-refractivity contribution >= 4 is 5.97 Å². The fraction of sp³-hybridized carbons (Fsp3) is 0.667. The highest BCUT2D eigenvalue weighted by atomic mass is 16.6. The van der Waals surface area contributed by atoms with Gasteiger partial charge in [0.2, 0.25) is 0 Å². The third-order valence-electron chi connectivity index (χ3n) is 5.41. The van der Waals surface area contributed by atoms with Crippen LogP contribution in [0.4, 0.5) is 0 Å². The maximum atomic E-state index is 11.6. The molecule has 1 saturated heterocycles.